The predicted molar refractivity (Wildman–Crippen MR) is 76.0 cm³/mol. The summed E-state index contributed by atoms with van der Waals surface area (Å²) in [6, 6.07) is 10.2. The lowest BCUT2D eigenvalue weighted by Gasteiger charge is -2.19. The van der Waals surface area contributed by atoms with Crippen molar-refractivity contribution in [3.63, 3.8) is 0 Å². The zero-order valence-corrected chi connectivity index (χ0v) is 11.4. The van der Waals surface area contributed by atoms with Crippen molar-refractivity contribution in [1.29, 1.82) is 0 Å². The predicted octanol–water partition coefficient (Wildman–Crippen LogP) is 4.32. The fraction of sp³-hybridized carbons (Fsp3) is 0.250. The van der Waals surface area contributed by atoms with Crippen LogP contribution in [0, 0.1) is 19.7 Å². The van der Waals surface area contributed by atoms with Crippen LogP contribution in [0.15, 0.2) is 36.4 Å². The number of halogens is 1. The number of aryl methyl sites for hydroxylation is 2. The van der Waals surface area contributed by atoms with E-state index >= 15 is 0 Å². The molecular formula is C16H18FNO. The lowest BCUT2D eigenvalue weighted by Crippen LogP contribution is -2.08. The van der Waals surface area contributed by atoms with E-state index in [4.69, 9.17) is 0 Å². The van der Waals surface area contributed by atoms with Crippen molar-refractivity contribution in [3.05, 3.63) is 58.9 Å². The Morgan fingerprint density at radius 3 is 2.53 bits per heavy atom. The summed E-state index contributed by atoms with van der Waals surface area (Å²) < 4.78 is 13.0. The summed E-state index contributed by atoms with van der Waals surface area (Å²) in [7, 11) is 0. The van der Waals surface area contributed by atoms with Crippen LogP contribution in [0.4, 0.5) is 10.1 Å². The molecule has 0 heterocycles. The monoisotopic (exact) mass is 259 g/mol. The molecule has 0 aromatic heterocycles. The van der Waals surface area contributed by atoms with E-state index in [0.29, 0.717) is 5.56 Å². The maximum atomic E-state index is 13.0. The average molecular weight is 259 g/mol. The molecule has 3 heteroatoms. The van der Waals surface area contributed by atoms with E-state index in [1.54, 1.807) is 6.07 Å². The van der Waals surface area contributed by atoms with Crippen molar-refractivity contribution in [2.24, 2.45) is 0 Å². The summed E-state index contributed by atoms with van der Waals surface area (Å²) in [6.07, 6.45) is 0. The van der Waals surface area contributed by atoms with E-state index < -0.39 is 5.82 Å². The van der Waals surface area contributed by atoms with E-state index in [1.807, 2.05) is 20.8 Å². The molecule has 2 aromatic rings. The van der Waals surface area contributed by atoms with Crippen molar-refractivity contribution in [2.45, 2.75) is 26.8 Å². The second-order valence-corrected chi connectivity index (χ2v) is 4.89. The van der Waals surface area contributed by atoms with Crippen molar-refractivity contribution in [3.8, 4) is 5.75 Å². The third kappa shape index (κ3) is 3.05. The zero-order chi connectivity index (χ0) is 14.0. The van der Waals surface area contributed by atoms with Crippen molar-refractivity contribution in [2.75, 3.05) is 5.32 Å². The van der Waals surface area contributed by atoms with E-state index in [2.05, 4.69) is 23.5 Å². The number of rotatable bonds is 3. The van der Waals surface area contributed by atoms with Crippen LogP contribution in [0.1, 0.15) is 29.7 Å². The van der Waals surface area contributed by atoms with Crippen LogP contribution in [0.5, 0.6) is 5.75 Å². The van der Waals surface area contributed by atoms with Crippen LogP contribution < -0.4 is 5.32 Å². The van der Waals surface area contributed by atoms with Gasteiger partial charge in [-0.25, -0.2) is 4.39 Å². The van der Waals surface area contributed by atoms with Crippen LogP contribution in [0.25, 0.3) is 0 Å². The summed E-state index contributed by atoms with van der Waals surface area (Å²) in [4.78, 5) is 0. The largest absolute Gasteiger partial charge is 0.507 e. The highest BCUT2D eigenvalue weighted by Gasteiger charge is 2.12. The Balaban J connectivity index is 2.25. The fourth-order valence-electron chi connectivity index (χ4n) is 2.09. The number of phenols is 1. The van der Waals surface area contributed by atoms with Crippen LogP contribution in [-0.4, -0.2) is 5.11 Å². The molecule has 0 fully saturated rings. The number of aromatic hydroxyl groups is 1. The third-order valence-electron chi connectivity index (χ3n) is 3.22. The first-order valence-electron chi connectivity index (χ1n) is 6.29. The molecule has 0 aliphatic carbocycles. The Labute approximate surface area is 112 Å². The van der Waals surface area contributed by atoms with Crippen LogP contribution in [0.3, 0.4) is 0 Å². The third-order valence-corrected chi connectivity index (χ3v) is 3.22. The van der Waals surface area contributed by atoms with Gasteiger partial charge < -0.3 is 10.4 Å². The summed E-state index contributed by atoms with van der Waals surface area (Å²) in [6.45, 7) is 6.00. The number of nitrogens with one attached hydrogen (secondary N) is 1. The molecule has 0 aliphatic rings. The topological polar surface area (TPSA) is 32.3 Å². The van der Waals surface area contributed by atoms with Gasteiger partial charge in [0.1, 0.15) is 11.6 Å². The fourth-order valence-corrected chi connectivity index (χ4v) is 2.09. The Morgan fingerprint density at radius 1 is 1.11 bits per heavy atom. The molecule has 0 bridgehead atoms. The lowest BCUT2D eigenvalue weighted by atomic mass is 10.1. The van der Waals surface area contributed by atoms with Gasteiger partial charge in [-0.05, 0) is 44.0 Å². The van der Waals surface area contributed by atoms with Gasteiger partial charge in [-0.3, -0.25) is 0 Å². The van der Waals surface area contributed by atoms with Gasteiger partial charge in [-0.15, -0.1) is 0 Å². The molecule has 0 radical (unpaired) electrons. The quantitative estimate of drug-likeness (QED) is 0.860. The van der Waals surface area contributed by atoms with Crippen molar-refractivity contribution < 1.29 is 9.50 Å². The van der Waals surface area contributed by atoms with E-state index in [0.717, 1.165) is 17.3 Å². The van der Waals surface area contributed by atoms with Crippen LogP contribution in [0.2, 0.25) is 0 Å². The molecule has 0 aliphatic heterocycles. The first-order valence-corrected chi connectivity index (χ1v) is 6.29. The Kier molecular flexibility index (Phi) is 3.74. The SMILES string of the molecule is Cc1ccc(C)c(NC(C)c2ccc(F)cc2O)c1. The average Bonchev–Trinajstić information content (AvgIpc) is 2.33. The van der Waals surface area contributed by atoms with Gasteiger partial charge in [-0.2, -0.15) is 0 Å². The molecule has 2 N–H and O–H groups in total. The van der Waals surface area contributed by atoms with Crippen molar-refractivity contribution >= 4 is 5.69 Å². The molecule has 1 atom stereocenters. The molecule has 100 valence electrons. The maximum Gasteiger partial charge on any atom is 0.126 e. The van der Waals surface area contributed by atoms with Gasteiger partial charge in [0.05, 0.1) is 6.04 Å². The van der Waals surface area contributed by atoms with E-state index in [1.165, 1.54) is 11.6 Å². The number of benzene rings is 2. The molecule has 0 amide bonds. The molecule has 0 saturated heterocycles. The Hall–Kier alpha value is -2.03. The van der Waals surface area contributed by atoms with Gasteiger partial charge in [-0.1, -0.05) is 18.2 Å². The summed E-state index contributed by atoms with van der Waals surface area (Å²) in [5.74, 6) is -0.453. The number of anilines is 1. The minimum atomic E-state index is -0.430. The molecular weight excluding hydrogens is 241 g/mol. The summed E-state index contributed by atoms with van der Waals surface area (Å²) >= 11 is 0. The molecule has 0 saturated carbocycles. The van der Waals surface area contributed by atoms with Crippen LogP contribution in [-0.2, 0) is 0 Å². The lowest BCUT2D eigenvalue weighted by molar-refractivity contribution is 0.459. The van der Waals surface area contributed by atoms with Gasteiger partial charge in [0.15, 0.2) is 0 Å². The highest BCUT2D eigenvalue weighted by molar-refractivity contribution is 5.54. The number of hydrogen-bond donors (Lipinski definition) is 2. The minimum Gasteiger partial charge on any atom is -0.507 e. The highest BCUT2D eigenvalue weighted by atomic mass is 19.1. The van der Waals surface area contributed by atoms with Crippen LogP contribution >= 0.6 is 0 Å². The molecule has 0 spiro atoms. The minimum absolute atomic E-state index is 0.0229. The molecule has 1 unspecified atom stereocenters. The maximum absolute atomic E-state index is 13.0. The summed E-state index contributed by atoms with van der Waals surface area (Å²) in [5, 5.41) is 13.1. The summed E-state index contributed by atoms with van der Waals surface area (Å²) in [5.41, 5.74) is 4.02. The van der Waals surface area contributed by atoms with Gasteiger partial charge in [0, 0.05) is 17.3 Å². The molecule has 2 nitrogen and oxygen atoms in total. The molecule has 19 heavy (non-hydrogen) atoms. The van der Waals surface area contributed by atoms with Gasteiger partial charge in [0.2, 0.25) is 0 Å². The molecule has 2 aromatic carbocycles. The first-order chi connectivity index (χ1) is 8.97. The normalized spacial score (nSPS) is 12.2. The standard InChI is InChI=1S/C16H18FNO/c1-10-4-5-11(2)15(8-10)18-12(3)14-7-6-13(17)9-16(14)19/h4-9,12,18-19H,1-3H3. The van der Waals surface area contributed by atoms with Crippen molar-refractivity contribution in [1.82, 2.24) is 0 Å². The van der Waals surface area contributed by atoms with E-state index in [-0.39, 0.29) is 11.8 Å². The Morgan fingerprint density at radius 2 is 1.84 bits per heavy atom. The van der Waals surface area contributed by atoms with Gasteiger partial charge >= 0.3 is 0 Å². The van der Waals surface area contributed by atoms with Gasteiger partial charge in [0.25, 0.3) is 0 Å². The second kappa shape index (κ2) is 5.31. The number of hydrogen-bond acceptors (Lipinski definition) is 2. The first kappa shape index (κ1) is 13.4. The Bertz CT molecular complexity index is 595. The second-order valence-electron chi connectivity index (χ2n) is 4.89. The number of phenolic OH excluding ortho intramolecular Hbond substituents is 1. The zero-order valence-electron chi connectivity index (χ0n) is 11.4. The van der Waals surface area contributed by atoms with E-state index in [9.17, 15) is 9.50 Å². The smallest absolute Gasteiger partial charge is 0.126 e. The highest BCUT2D eigenvalue weighted by Crippen LogP contribution is 2.29. The molecule has 2 rings (SSSR count).